The van der Waals surface area contributed by atoms with Crippen molar-refractivity contribution in [1.82, 2.24) is 14.7 Å². The van der Waals surface area contributed by atoms with Crippen molar-refractivity contribution >= 4 is 6.09 Å². The topological polar surface area (TPSA) is 56.6 Å². The number of nitrogens with zero attached hydrogens (tertiary/aromatic N) is 3. The van der Waals surface area contributed by atoms with E-state index in [0.717, 1.165) is 12.1 Å². The zero-order valence-electron chi connectivity index (χ0n) is 15.1. The molecule has 1 aliphatic heterocycles. The van der Waals surface area contributed by atoms with E-state index in [1.54, 1.807) is 4.90 Å². The normalized spacial score (nSPS) is 22.0. The second-order valence-electron chi connectivity index (χ2n) is 7.77. The predicted octanol–water partition coefficient (Wildman–Crippen LogP) is 3.38. The third-order valence-electron chi connectivity index (χ3n) is 3.85. The molecule has 6 heteroatoms. The summed E-state index contributed by atoms with van der Waals surface area (Å²) < 4.78 is 13.4. The molecule has 1 unspecified atom stereocenters. The lowest BCUT2D eigenvalue weighted by atomic mass is 10.1. The quantitative estimate of drug-likeness (QED) is 0.852. The molecule has 1 aliphatic rings. The maximum Gasteiger partial charge on any atom is 0.410 e. The van der Waals surface area contributed by atoms with Crippen molar-refractivity contribution in [2.75, 3.05) is 13.1 Å². The molecule has 1 aromatic heterocycles. The van der Waals surface area contributed by atoms with Crippen LogP contribution >= 0.6 is 0 Å². The summed E-state index contributed by atoms with van der Waals surface area (Å²) in [7, 11) is 0. The molecule has 0 N–H and O–H groups in total. The fourth-order valence-corrected chi connectivity index (χ4v) is 2.52. The zero-order valence-corrected chi connectivity index (χ0v) is 15.1. The molecule has 0 bridgehead atoms. The van der Waals surface area contributed by atoms with Gasteiger partial charge in [-0.05, 0) is 54.0 Å². The second kappa shape index (κ2) is 6.51. The van der Waals surface area contributed by atoms with Crippen LogP contribution in [0.2, 0.25) is 0 Å². The van der Waals surface area contributed by atoms with Gasteiger partial charge >= 0.3 is 6.09 Å². The van der Waals surface area contributed by atoms with Gasteiger partial charge in [0.05, 0.1) is 24.4 Å². The molecule has 130 valence electrons. The number of rotatable bonds is 4. The highest BCUT2D eigenvalue weighted by molar-refractivity contribution is 5.68. The summed E-state index contributed by atoms with van der Waals surface area (Å²) in [4.78, 5) is 13.9. The Balaban J connectivity index is 1.87. The van der Waals surface area contributed by atoms with Gasteiger partial charge in [-0.1, -0.05) is 0 Å². The minimum Gasteiger partial charge on any atom is -0.444 e. The van der Waals surface area contributed by atoms with Gasteiger partial charge in [0, 0.05) is 18.8 Å². The Morgan fingerprint density at radius 1 is 1.43 bits per heavy atom. The van der Waals surface area contributed by atoms with Crippen LogP contribution in [-0.4, -0.2) is 45.1 Å². The highest BCUT2D eigenvalue weighted by atomic mass is 16.6. The average molecular weight is 323 g/mol. The Labute approximate surface area is 138 Å². The molecular weight excluding hydrogens is 294 g/mol. The molecule has 1 saturated heterocycles. The largest absolute Gasteiger partial charge is 0.444 e. The zero-order chi connectivity index (χ0) is 17.3. The van der Waals surface area contributed by atoms with Gasteiger partial charge in [0.15, 0.2) is 0 Å². The maximum atomic E-state index is 12.1. The summed E-state index contributed by atoms with van der Waals surface area (Å²) in [5.41, 5.74) is 0.0923. The molecule has 0 spiro atoms. The molecule has 1 atom stereocenters. The first-order valence-electron chi connectivity index (χ1n) is 8.24. The van der Waals surface area contributed by atoms with Gasteiger partial charge in [0.2, 0.25) is 0 Å². The van der Waals surface area contributed by atoms with Crippen LogP contribution in [0, 0.1) is 0 Å². The minimum atomic E-state index is -0.472. The van der Waals surface area contributed by atoms with E-state index in [0.29, 0.717) is 25.7 Å². The molecule has 6 nitrogen and oxygen atoms in total. The van der Waals surface area contributed by atoms with Crippen molar-refractivity contribution in [3.05, 3.63) is 18.0 Å². The molecule has 0 aromatic carbocycles. The first-order valence-corrected chi connectivity index (χ1v) is 8.24. The van der Waals surface area contributed by atoms with E-state index >= 15 is 0 Å². The van der Waals surface area contributed by atoms with Crippen molar-refractivity contribution in [3.63, 3.8) is 0 Å². The fourth-order valence-electron chi connectivity index (χ4n) is 2.52. The summed E-state index contributed by atoms with van der Waals surface area (Å²) in [5, 5.41) is 4.49. The number of aromatic nitrogens is 2. The molecule has 0 saturated carbocycles. The van der Waals surface area contributed by atoms with Crippen molar-refractivity contribution in [3.8, 4) is 0 Å². The summed E-state index contributed by atoms with van der Waals surface area (Å²) in [6.45, 7) is 13.5. The van der Waals surface area contributed by atoms with E-state index in [2.05, 4.69) is 18.9 Å². The Morgan fingerprint density at radius 2 is 2.13 bits per heavy atom. The van der Waals surface area contributed by atoms with Crippen LogP contribution in [-0.2, 0) is 16.1 Å². The Kier molecular flexibility index (Phi) is 5.04. The van der Waals surface area contributed by atoms with Gasteiger partial charge in [0.25, 0.3) is 0 Å². The fraction of sp³-hybridized carbons (Fsp3) is 0.765. The Morgan fingerprint density at radius 3 is 2.70 bits per heavy atom. The lowest BCUT2D eigenvalue weighted by Gasteiger charge is -2.27. The van der Waals surface area contributed by atoms with Crippen molar-refractivity contribution < 1.29 is 14.3 Å². The van der Waals surface area contributed by atoms with Gasteiger partial charge in [0.1, 0.15) is 5.60 Å². The Hall–Kier alpha value is -1.56. The molecule has 0 aliphatic carbocycles. The highest BCUT2D eigenvalue weighted by Gasteiger charge is 2.38. The second-order valence-corrected chi connectivity index (χ2v) is 7.77. The van der Waals surface area contributed by atoms with E-state index in [-0.39, 0.29) is 11.7 Å². The molecule has 2 heterocycles. The smallest absolute Gasteiger partial charge is 0.410 e. The first kappa shape index (κ1) is 17.8. The van der Waals surface area contributed by atoms with Gasteiger partial charge < -0.3 is 14.4 Å². The SMILES string of the molecule is CC(C)n1ccc(COC2(C)CCN(C(=O)OC(C)(C)C)C2)n1. The van der Waals surface area contributed by atoms with Gasteiger partial charge in [-0.3, -0.25) is 4.68 Å². The van der Waals surface area contributed by atoms with Gasteiger partial charge in [-0.2, -0.15) is 5.10 Å². The molecule has 1 aromatic rings. The first-order chi connectivity index (χ1) is 10.6. The number of likely N-dealkylation sites (tertiary alicyclic amines) is 1. The summed E-state index contributed by atoms with van der Waals surface area (Å²) in [6, 6.07) is 2.32. The standard InChI is InChI=1S/C17H29N3O3/c1-13(2)20-9-7-14(18-20)11-22-17(6)8-10-19(12-17)15(21)23-16(3,4)5/h7,9,13H,8,10-12H2,1-6H3. The van der Waals surface area contributed by atoms with Gasteiger partial charge in [-0.15, -0.1) is 0 Å². The molecule has 0 radical (unpaired) electrons. The summed E-state index contributed by atoms with van der Waals surface area (Å²) >= 11 is 0. The van der Waals surface area contributed by atoms with E-state index in [1.165, 1.54) is 0 Å². The number of ether oxygens (including phenoxy) is 2. The summed E-state index contributed by atoms with van der Waals surface area (Å²) in [5.74, 6) is 0. The van der Waals surface area contributed by atoms with Crippen LogP contribution in [0.25, 0.3) is 0 Å². The van der Waals surface area contributed by atoms with E-state index < -0.39 is 5.60 Å². The van der Waals surface area contributed by atoms with Crippen LogP contribution in [0.4, 0.5) is 4.79 Å². The Bertz CT molecular complexity index is 548. The van der Waals surface area contributed by atoms with Gasteiger partial charge in [-0.25, -0.2) is 4.79 Å². The predicted molar refractivity (Wildman–Crippen MR) is 88.2 cm³/mol. The number of amides is 1. The highest BCUT2D eigenvalue weighted by Crippen LogP contribution is 2.27. The number of hydrogen-bond acceptors (Lipinski definition) is 4. The third-order valence-corrected chi connectivity index (χ3v) is 3.85. The molecular formula is C17H29N3O3. The number of hydrogen-bond donors (Lipinski definition) is 0. The molecule has 23 heavy (non-hydrogen) atoms. The average Bonchev–Trinajstić information content (AvgIpc) is 3.02. The number of carbonyl (C=O) groups excluding carboxylic acids is 1. The molecule has 2 rings (SSSR count). The van der Waals surface area contributed by atoms with Crippen molar-refractivity contribution in [1.29, 1.82) is 0 Å². The lowest BCUT2D eigenvalue weighted by Crippen LogP contribution is -2.39. The number of carbonyl (C=O) groups is 1. The third kappa shape index (κ3) is 4.96. The van der Waals surface area contributed by atoms with Crippen molar-refractivity contribution in [2.24, 2.45) is 0 Å². The van der Waals surface area contributed by atoms with Crippen molar-refractivity contribution in [2.45, 2.75) is 71.8 Å². The molecule has 1 amide bonds. The van der Waals surface area contributed by atoms with Crippen LogP contribution < -0.4 is 0 Å². The van der Waals surface area contributed by atoms with E-state index in [9.17, 15) is 4.79 Å². The molecule has 1 fully saturated rings. The van der Waals surface area contributed by atoms with E-state index in [4.69, 9.17) is 9.47 Å². The minimum absolute atomic E-state index is 0.270. The van der Waals surface area contributed by atoms with Crippen LogP contribution in [0.1, 0.15) is 59.7 Å². The van der Waals surface area contributed by atoms with E-state index in [1.807, 2.05) is 44.6 Å². The van der Waals surface area contributed by atoms with Crippen LogP contribution in [0.15, 0.2) is 12.3 Å². The lowest BCUT2D eigenvalue weighted by molar-refractivity contribution is -0.0388. The van der Waals surface area contributed by atoms with Crippen LogP contribution in [0.3, 0.4) is 0 Å². The van der Waals surface area contributed by atoms with Crippen LogP contribution in [0.5, 0.6) is 0 Å². The maximum absolute atomic E-state index is 12.1. The monoisotopic (exact) mass is 323 g/mol. The summed E-state index contributed by atoms with van der Waals surface area (Å²) in [6.07, 6.45) is 2.50.